The highest BCUT2D eigenvalue weighted by atomic mass is 127. The van der Waals surface area contributed by atoms with E-state index in [2.05, 4.69) is 9.72 Å². The molecule has 0 saturated heterocycles. The van der Waals surface area contributed by atoms with Crippen molar-refractivity contribution >= 4 is 28.6 Å². The quantitative estimate of drug-likeness (QED) is 0.618. The first kappa shape index (κ1) is 13.8. The maximum absolute atomic E-state index is 12.7. The van der Waals surface area contributed by atoms with E-state index >= 15 is 0 Å². The molecule has 0 bridgehead atoms. The zero-order chi connectivity index (χ0) is 13.0. The van der Waals surface area contributed by atoms with Gasteiger partial charge in [0.05, 0.1) is 19.2 Å². The molecule has 17 heavy (non-hydrogen) atoms. The van der Waals surface area contributed by atoms with Crippen molar-refractivity contribution < 1.29 is 18.3 Å². The van der Waals surface area contributed by atoms with Crippen LogP contribution in [0.25, 0.3) is 0 Å². The number of alkyl halides is 2. The first-order chi connectivity index (χ1) is 7.99. The second-order valence-corrected chi connectivity index (χ2v) is 4.10. The molecule has 0 saturated carbocycles. The van der Waals surface area contributed by atoms with Crippen molar-refractivity contribution in [2.75, 3.05) is 7.11 Å². The van der Waals surface area contributed by atoms with Gasteiger partial charge in [0.2, 0.25) is 0 Å². The molecule has 0 aliphatic rings. The number of hydrogen-bond acceptors (Lipinski definition) is 4. The smallest absolute Gasteiger partial charge is 0.311 e. The maximum Gasteiger partial charge on any atom is 0.311 e. The molecule has 1 aromatic heterocycles. The fraction of sp³-hybridized carbons (Fsp3) is 0.300. The summed E-state index contributed by atoms with van der Waals surface area (Å²) < 4.78 is 30.0. The van der Waals surface area contributed by atoms with E-state index in [1.54, 1.807) is 28.7 Å². The van der Waals surface area contributed by atoms with Crippen LogP contribution in [0.3, 0.4) is 0 Å². The van der Waals surface area contributed by atoms with Crippen molar-refractivity contribution in [1.82, 2.24) is 4.98 Å². The summed E-state index contributed by atoms with van der Waals surface area (Å²) in [6.45, 7) is 0. The predicted molar refractivity (Wildman–Crippen MR) is 62.3 cm³/mol. The zero-order valence-electron chi connectivity index (χ0n) is 8.71. The van der Waals surface area contributed by atoms with Crippen LogP contribution in [-0.2, 0) is 16.0 Å². The van der Waals surface area contributed by atoms with Crippen LogP contribution in [0.2, 0.25) is 0 Å². The van der Waals surface area contributed by atoms with Gasteiger partial charge in [-0.3, -0.25) is 4.79 Å². The van der Waals surface area contributed by atoms with Crippen LogP contribution in [0.15, 0.2) is 6.07 Å². The van der Waals surface area contributed by atoms with Crippen LogP contribution in [0.1, 0.15) is 23.4 Å². The normalized spacial score (nSPS) is 10.1. The Morgan fingerprint density at radius 1 is 1.71 bits per heavy atom. The molecule has 0 aliphatic heterocycles. The minimum absolute atomic E-state index is 0.131. The first-order valence-electron chi connectivity index (χ1n) is 4.44. The van der Waals surface area contributed by atoms with Gasteiger partial charge in [-0.15, -0.1) is 0 Å². The molecular formula is C10H7F2IN2O2. The highest BCUT2D eigenvalue weighted by Crippen LogP contribution is 2.27. The van der Waals surface area contributed by atoms with Gasteiger partial charge in [0.1, 0.15) is 11.8 Å². The number of aromatic nitrogens is 1. The molecule has 4 nitrogen and oxygen atoms in total. The first-order valence-corrected chi connectivity index (χ1v) is 5.51. The number of esters is 1. The highest BCUT2D eigenvalue weighted by molar-refractivity contribution is 14.1. The molecular weight excluding hydrogens is 345 g/mol. The molecule has 0 unspecified atom stereocenters. The number of nitriles is 1. The monoisotopic (exact) mass is 352 g/mol. The van der Waals surface area contributed by atoms with Gasteiger partial charge < -0.3 is 4.74 Å². The predicted octanol–water partition coefficient (Wildman–Crippen LogP) is 2.21. The third-order valence-electron chi connectivity index (χ3n) is 1.94. The van der Waals surface area contributed by atoms with E-state index < -0.39 is 12.4 Å². The molecule has 1 rings (SSSR count). The Labute approximate surface area is 110 Å². The lowest BCUT2D eigenvalue weighted by Gasteiger charge is -2.08. The molecule has 1 aromatic rings. The Hall–Kier alpha value is -1.30. The fourth-order valence-electron chi connectivity index (χ4n) is 1.15. The number of hydrogen-bond donors (Lipinski definition) is 0. The SMILES string of the molecule is COC(=O)Cc1nc(C#N)cc(C(F)F)c1I. The molecule has 0 amide bonds. The topological polar surface area (TPSA) is 63.0 Å². The average Bonchev–Trinajstić information content (AvgIpc) is 2.31. The molecule has 0 fully saturated rings. The molecule has 0 N–H and O–H groups in total. The van der Waals surface area contributed by atoms with Crippen LogP contribution in [0, 0.1) is 14.9 Å². The van der Waals surface area contributed by atoms with Gasteiger partial charge in [0, 0.05) is 9.13 Å². The van der Waals surface area contributed by atoms with Crippen LogP contribution < -0.4 is 0 Å². The standard InChI is InChI=1S/C10H7F2IN2O2/c1-17-8(16)3-7-9(13)6(10(11)12)2-5(4-14)15-7/h2,10H,3H2,1H3. The van der Waals surface area contributed by atoms with Gasteiger partial charge in [-0.1, -0.05) is 0 Å². The number of halogens is 3. The van der Waals surface area contributed by atoms with E-state index in [4.69, 9.17) is 5.26 Å². The maximum atomic E-state index is 12.7. The number of pyridine rings is 1. The fourth-order valence-corrected chi connectivity index (χ4v) is 1.85. The zero-order valence-corrected chi connectivity index (χ0v) is 10.9. The molecule has 1 heterocycles. The van der Waals surface area contributed by atoms with Gasteiger partial charge in [-0.2, -0.15) is 5.26 Å². The molecule has 0 aliphatic carbocycles. The van der Waals surface area contributed by atoms with Crippen molar-refractivity contribution in [2.45, 2.75) is 12.8 Å². The second-order valence-electron chi connectivity index (χ2n) is 3.02. The van der Waals surface area contributed by atoms with Gasteiger partial charge in [0.25, 0.3) is 6.43 Å². The van der Waals surface area contributed by atoms with Crippen molar-refractivity contribution in [2.24, 2.45) is 0 Å². The van der Waals surface area contributed by atoms with Crippen LogP contribution >= 0.6 is 22.6 Å². The van der Waals surface area contributed by atoms with E-state index in [1.807, 2.05) is 0 Å². The van der Waals surface area contributed by atoms with Crippen LogP contribution in [-0.4, -0.2) is 18.1 Å². The minimum atomic E-state index is -2.71. The molecule has 0 spiro atoms. The van der Waals surface area contributed by atoms with Crippen LogP contribution in [0.5, 0.6) is 0 Å². The number of carbonyl (C=O) groups is 1. The highest BCUT2D eigenvalue weighted by Gasteiger charge is 2.19. The molecule has 0 radical (unpaired) electrons. The minimum Gasteiger partial charge on any atom is -0.469 e. The van der Waals surface area contributed by atoms with Gasteiger partial charge in [-0.05, 0) is 28.7 Å². The van der Waals surface area contributed by atoms with E-state index in [1.165, 1.54) is 7.11 Å². The summed E-state index contributed by atoms with van der Waals surface area (Å²) in [5.41, 5.74) is -0.303. The molecule has 7 heteroatoms. The van der Waals surface area contributed by atoms with E-state index in [0.717, 1.165) is 6.07 Å². The molecule has 0 atom stereocenters. The molecule has 0 aromatic carbocycles. The number of methoxy groups -OCH3 is 1. The second kappa shape index (κ2) is 5.86. The summed E-state index contributed by atoms with van der Waals surface area (Å²) in [6, 6.07) is 2.70. The summed E-state index contributed by atoms with van der Waals surface area (Å²) in [5, 5.41) is 8.67. The van der Waals surface area contributed by atoms with Crippen LogP contribution in [0.4, 0.5) is 8.78 Å². The number of ether oxygens (including phenoxy) is 1. The van der Waals surface area contributed by atoms with E-state index in [0.29, 0.717) is 0 Å². The third-order valence-corrected chi connectivity index (χ3v) is 3.19. The Bertz CT molecular complexity index is 486. The average molecular weight is 352 g/mol. The van der Waals surface area contributed by atoms with Crippen molar-refractivity contribution in [3.05, 3.63) is 26.6 Å². The van der Waals surface area contributed by atoms with Gasteiger partial charge >= 0.3 is 5.97 Å². The van der Waals surface area contributed by atoms with E-state index in [-0.39, 0.29) is 26.9 Å². The Kier molecular flexibility index (Phi) is 4.74. The Morgan fingerprint density at radius 2 is 2.35 bits per heavy atom. The Balaban J connectivity index is 3.25. The third kappa shape index (κ3) is 3.33. The van der Waals surface area contributed by atoms with Crippen molar-refractivity contribution in [3.63, 3.8) is 0 Å². The largest absolute Gasteiger partial charge is 0.469 e. The van der Waals surface area contributed by atoms with Gasteiger partial charge in [-0.25, -0.2) is 13.8 Å². The number of rotatable bonds is 3. The van der Waals surface area contributed by atoms with Crippen molar-refractivity contribution in [3.8, 4) is 6.07 Å². The van der Waals surface area contributed by atoms with Gasteiger partial charge in [0.15, 0.2) is 0 Å². The number of carbonyl (C=O) groups excluding carboxylic acids is 1. The Morgan fingerprint density at radius 3 is 2.82 bits per heavy atom. The molecule has 90 valence electrons. The summed E-state index contributed by atoms with van der Waals surface area (Å²) in [7, 11) is 1.19. The van der Waals surface area contributed by atoms with Crippen molar-refractivity contribution in [1.29, 1.82) is 5.26 Å². The summed E-state index contributed by atoms with van der Waals surface area (Å²) in [6.07, 6.45) is -2.95. The number of nitrogens with zero attached hydrogens (tertiary/aromatic N) is 2. The summed E-state index contributed by atoms with van der Waals surface area (Å²) >= 11 is 1.68. The summed E-state index contributed by atoms with van der Waals surface area (Å²) in [5.74, 6) is -0.592. The lowest BCUT2D eigenvalue weighted by Crippen LogP contribution is -2.10. The lowest BCUT2D eigenvalue weighted by atomic mass is 10.1. The summed E-state index contributed by atoms with van der Waals surface area (Å²) in [4.78, 5) is 14.9. The van der Waals surface area contributed by atoms with E-state index in [9.17, 15) is 13.6 Å². The lowest BCUT2D eigenvalue weighted by molar-refractivity contribution is -0.139.